The molecule has 2 N–H and O–H groups in total. The molecule has 132 valence electrons. The summed E-state index contributed by atoms with van der Waals surface area (Å²) >= 11 is 5.99. The van der Waals surface area contributed by atoms with Crippen molar-refractivity contribution in [3.8, 4) is 5.75 Å². The van der Waals surface area contributed by atoms with E-state index < -0.39 is 12.1 Å². The quantitative estimate of drug-likeness (QED) is 0.782. The third-order valence-corrected chi connectivity index (χ3v) is 3.65. The highest BCUT2D eigenvalue weighted by atomic mass is 35.5. The van der Waals surface area contributed by atoms with Crippen LogP contribution in [0.25, 0.3) is 0 Å². The fraction of sp³-hybridized carbons (Fsp3) is 0.222. The lowest BCUT2D eigenvalue weighted by Gasteiger charge is -2.16. The first-order valence-electron chi connectivity index (χ1n) is 7.59. The van der Waals surface area contributed by atoms with Gasteiger partial charge in [0.2, 0.25) is 0 Å². The number of hydrogen-bond acceptors (Lipinski definition) is 4. The highest BCUT2D eigenvalue weighted by molar-refractivity contribution is 6.34. The lowest BCUT2D eigenvalue weighted by atomic mass is 10.2. The molecule has 1 atom stereocenters. The Bertz CT molecular complexity index is 736. The van der Waals surface area contributed by atoms with Crippen LogP contribution >= 0.6 is 11.6 Å². The largest absolute Gasteiger partial charge is 0.490 e. The summed E-state index contributed by atoms with van der Waals surface area (Å²) in [6.45, 7) is 2.02. The van der Waals surface area contributed by atoms with Crippen molar-refractivity contribution in [1.29, 1.82) is 0 Å². The SMILES string of the molecule is CC(COc1cccc(C(=O)O)c1Cl)NC(=O)OCc1ccccc1. The zero-order valence-electron chi connectivity index (χ0n) is 13.6. The van der Waals surface area contributed by atoms with Gasteiger partial charge in [-0.25, -0.2) is 9.59 Å². The minimum Gasteiger partial charge on any atom is -0.490 e. The molecule has 0 spiro atoms. The van der Waals surface area contributed by atoms with Gasteiger partial charge in [-0.15, -0.1) is 0 Å². The van der Waals surface area contributed by atoms with Crippen molar-refractivity contribution in [2.75, 3.05) is 6.61 Å². The monoisotopic (exact) mass is 363 g/mol. The van der Waals surface area contributed by atoms with Crippen molar-refractivity contribution in [2.24, 2.45) is 0 Å². The van der Waals surface area contributed by atoms with Crippen LogP contribution in [-0.2, 0) is 11.3 Å². The molecule has 0 saturated heterocycles. The summed E-state index contributed by atoms with van der Waals surface area (Å²) in [5, 5.41) is 11.7. The summed E-state index contributed by atoms with van der Waals surface area (Å²) < 4.78 is 10.6. The van der Waals surface area contributed by atoms with Crippen molar-refractivity contribution in [1.82, 2.24) is 5.32 Å². The van der Waals surface area contributed by atoms with Crippen LogP contribution in [0.3, 0.4) is 0 Å². The maximum absolute atomic E-state index is 11.8. The predicted octanol–water partition coefficient (Wildman–Crippen LogP) is 3.73. The van der Waals surface area contributed by atoms with Crippen molar-refractivity contribution < 1.29 is 24.2 Å². The number of rotatable bonds is 7. The highest BCUT2D eigenvalue weighted by Gasteiger charge is 2.15. The molecule has 0 aliphatic heterocycles. The van der Waals surface area contributed by atoms with E-state index in [-0.39, 0.29) is 35.6 Å². The topological polar surface area (TPSA) is 84.9 Å². The Morgan fingerprint density at radius 1 is 1.16 bits per heavy atom. The zero-order chi connectivity index (χ0) is 18.2. The maximum atomic E-state index is 11.8. The minimum atomic E-state index is -1.13. The first kappa shape index (κ1) is 18.6. The number of benzene rings is 2. The number of carboxylic acid groups (broad SMARTS) is 1. The maximum Gasteiger partial charge on any atom is 0.407 e. The number of carboxylic acids is 1. The Hall–Kier alpha value is -2.73. The molecule has 0 saturated carbocycles. The van der Waals surface area contributed by atoms with Gasteiger partial charge in [0.25, 0.3) is 0 Å². The van der Waals surface area contributed by atoms with Crippen LogP contribution in [0.2, 0.25) is 5.02 Å². The lowest BCUT2D eigenvalue weighted by molar-refractivity contribution is 0.0696. The van der Waals surface area contributed by atoms with Gasteiger partial charge in [-0.1, -0.05) is 48.0 Å². The van der Waals surface area contributed by atoms with E-state index in [1.54, 1.807) is 13.0 Å². The van der Waals surface area contributed by atoms with E-state index in [0.29, 0.717) is 0 Å². The van der Waals surface area contributed by atoms with E-state index in [1.807, 2.05) is 30.3 Å². The van der Waals surface area contributed by atoms with E-state index in [2.05, 4.69) is 5.32 Å². The third-order valence-electron chi connectivity index (χ3n) is 3.26. The number of amides is 1. The predicted molar refractivity (Wildman–Crippen MR) is 93.1 cm³/mol. The average molecular weight is 364 g/mol. The minimum absolute atomic E-state index is 0.0221. The molecule has 0 radical (unpaired) electrons. The standard InChI is InChI=1S/C18H18ClNO5/c1-12(20-18(23)25-11-13-6-3-2-4-7-13)10-24-15-9-5-8-14(16(15)19)17(21)22/h2-9,12H,10-11H2,1H3,(H,20,23)(H,21,22). The van der Waals surface area contributed by atoms with Crippen molar-refractivity contribution in [2.45, 2.75) is 19.6 Å². The van der Waals surface area contributed by atoms with Gasteiger partial charge in [0, 0.05) is 0 Å². The Labute approximate surface area is 150 Å². The van der Waals surface area contributed by atoms with Gasteiger partial charge >= 0.3 is 12.1 Å². The van der Waals surface area contributed by atoms with Gasteiger partial charge in [0.15, 0.2) is 0 Å². The van der Waals surface area contributed by atoms with Gasteiger partial charge in [-0.3, -0.25) is 0 Å². The fourth-order valence-electron chi connectivity index (χ4n) is 2.01. The Kier molecular flexibility index (Phi) is 6.65. The molecule has 25 heavy (non-hydrogen) atoms. The first-order chi connectivity index (χ1) is 12.0. The average Bonchev–Trinajstić information content (AvgIpc) is 2.59. The van der Waals surface area contributed by atoms with Crippen LogP contribution in [0.4, 0.5) is 4.79 Å². The molecule has 0 aliphatic rings. The second-order valence-corrected chi connectivity index (χ2v) is 5.72. The van der Waals surface area contributed by atoms with Crippen molar-refractivity contribution in [3.05, 3.63) is 64.7 Å². The second-order valence-electron chi connectivity index (χ2n) is 5.34. The van der Waals surface area contributed by atoms with E-state index in [0.717, 1.165) is 5.56 Å². The van der Waals surface area contributed by atoms with Crippen molar-refractivity contribution >= 4 is 23.7 Å². The normalized spacial score (nSPS) is 11.4. The summed E-state index contributed by atoms with van der Waals surface area (Å²) in [7, 11) is 0. The Balaban J connectivity index is 1.80. The molecule has 0 heterocycles. The molecule has 1 unspecified atom stereocenters. The van der Waals surface area contributed by atoms with E-state index >= 15 is 0 Å². The number of ether oxygens (including phenoxy) is 2. The number of hydrogen-bond donors (Lipinski definition) is 2. The van der Waals surface area contributed by atoms with Crippen LogP contribution in [0, 0.1) is 0 Å². The van der Waals surface area contributed by atoms with Crippen molar-refractivity contribution in [3.63, 3.8) is 0 Å². The molecule has 2 aromatic carbocycles. The molecule has 6 nitrogen and oxygen atoms in total. The van der Waals surface area contributed by atoms with Gasteiger partial charge in [-0.05, 0) is 24.6 Å². The van der Waals surface area contributed by atoms with E-state index in [9.17, 15) is 9.59 Å². The van der Waals surface area contributed by atoms with E-state index in [1.165, 1.54) is 12.1 Å². The molecule has 0 bridgehead atoms. The summed E-state index contributed by atoms with van der Waals surface area (Å²) in [5.41, 5.74) is 0.848. The Morgan fingerprint density at radius 2 is 1.88 bits per heavy atom. The van der Waals surface area contributed by atoms with Gasteiger partial charge in [-0.2, -0.15) is 0 Å². The number of nitrogens with one attached hydrogen (secondary N) is 1. The molecule has 2 aromatic rings. The number of carbonyl (C=O) groups is 2. The molecular formula is C18H18ClNO5. The highest BCUT2D eigenvalue weighted by Crippen LogP contribution is 2.28. The summed E-state index contributed by atoms with van der Waals surface area (Å²) in [6.07, 6.45) is -0.565. The first-order valence-corrected chi connectivity index (χ1v) is 7.97. The summed E-state index contributed by atoms with van der Waals surface area (Å²) in [4.78, 5) is 22.8. The summed E-state index contributed by atoms with van der Waals surface area (Å²) in [5.74, 6) is -0.890. The smallest absolute Gasteiger partial charge is 0.407 e. The van der Waals surface area contributed by atoms with Gasteiger partial charge < -0.3 is 19.9 Å². The third kappa shape index (κ3) is 5.69. The summed E-state index contributed by atoms with van der Waals surface area (Å²) in [6, 6.07) is 13.5. The van der Waals surface area contributed by atoms with E-state index in [4.69, 9.17) is 26.2 Å². The van der Waals surface area contributed by atoms with Crippen LogP contribution in [0.15, 0.2) is 48.5 Å². The second kappa shape index (κ2) is 8.94. The molecule has 0 fully saturated rings. The van der Waals surface area contributed by atoms with Crippen LogP contribution < -0.4 is 10.1 Å². The molecule has 0 aromatic heterocycles. The Morgan fingerprint density at radius 3 is 2.56 bits per heavy atom. The number of aromatic carboxylic acids is 1. The van der Waals surface area contributed by atoms with Crippen LogP contribution in [-0.4, -0.2) is 29.8 Å². The fourth-order valence-corrected chi connectivity index (χ4v) is 2.27. The lowest BCUT2D eigenvalue weighted by Crippen LogP contribution is -2.37. The molecule has 2 rings (SSSR count). The van der Waals surface area contributed by atoms with Crippen LogP contribution in [0.5, 0.6) is 5.75 Å². The molecule has 1 amide bonds. The van der Waals surface area contributed by atoms with Gasteiger partial charge in [0.1, 0.15) is 19.0 Å². The molecule has 0 aliphatic carbocycles. The number of alkyl carbamates (subject to hydrolysis) is 1. The van der Waals surface area contributed by atoms with Gasteiger partial charge in [0.05, 0.1) is 16.6 Å². The molecular weight excluding hydrogens is 346 g/mol. The van der Waals surface area contributed by atoms with Crippen LogP contribution in [0.1, 0.15) is 22.8 Å². The zero-order valence-corrected chi connectivity index (χ0v) is 14.3. The molecule has 7 heteroatoms. The number of halogens is 1. The number of carbonyl (C=O) groups excluding carboxylic acids is 1.